The van der Waals surface area contributed by atoms with E-state index in [0.29, 0.717) is 25.7 Å². The molecule has 19 heteroatoms. The van der Waals surface area contributed by atoms with Crippen LogP contribution in [-0.2, 0) is 65.4 Å². The molecule has 0 aliphatic heterocycles. The van der Waals surface area contributed by atoms with Crippen LogP contribution < -0.4 is 0 Å². The molecular formula is C77H144O17P2. The van der Waals surface area contributed by atoms with Gasteiger partial charge in [-0.3, -0.25) is 37.3 Å². The van der Waals surface area contributed by atoms with E-state index in [0.717, 1.165) is 148 Å². The average Bonchev–Trinajstić information content (AvgIpc) is 1.19. The lowest BCUT2D eigenvalue weighted by atomic mass is 10.0. The van der Waals surface area contributed by atoms with Crippen molar-refractivity contribution in [2.24, 2.45) is 0 Å². The average molecular weight is 1400 g/mol. The van der Waals surface area contributed by atoms with Gasteiger partial charge in [-0.05, 0) is 103 Å². The van der Waals surface area contributed by atoms with E-state index in [-0.39, 0.29) is 25.7 Å². The monoisotopic (exact) mass is 1400 g/mol. The van der Waals surface area contributed by atoms with Crippen LogP contribution in [0.1, 0.15) is 374 Å². The van der Waals surface area contributed by atoms with Crippen LogP contribution in [0.2, 0.25) is 0 Å². The number of rotatable bonds is 75. The molecule has 564 valence electrons. The summed E-state index contributed by atoms with van der Waals surface area (Å²) in [5.74, 6) is -2.16. The van der Waals surface area contributed by atoms with Crippen molar-refractivity contribution in [1.82, 2.24) is 0 Å². The number of ether oxygens (including phenoxy) is 4. The van der Waals surface area contributed by atoms with Crippen molar-refractivity contribution in [2.45, 2.75) is 393 Å². The number of phosphoric acid groups is 2. The lowest BCUT2D eigenvalue weighted by molar-refractivity contribution is -0.161. The molecule has 0 aliphatic carbocycles. The summed E-state index contributed by atoms with van der Waals surface area (Å²) in [6.45, 7) is 4.90. The van der Waals surface area contributed by atoms with Gasteiger partial charge in [0.2, 0.25) is 0 Å². The quantitative estimate of drug-likeness (QED) is 0.0169. The highest BCUT2D eigenvalue weighted by Gasteiger charge is 2.30. The van der Waals surface area contributed by atoms with E-state index in [1.165, 1.54) is 148 Å². The summed E-state index contributed by atoms with van der Waals surface area (Å²) in [6, 6.07) is 0. The number of allylic oxidation sites excluding steroid dienone is 6. The molecule has 0 bridgehead atoms. The van der Waals surface area contributed by atoms with E-state index in [1.807, 2.05) is 0 Å². The molecule has 17 nitrogen and oxygen atoms in total. The van der Waals surface area contributed by atoms with Gasteiger partial charge in [-0.15, -0.1) is 0 Å². The Balaban J connectivity index is 5.31. The van der Waals surface area contributed by atoms with E-state index < -0.39 is 97.5 Å². The number of aliphatic hydroxyl groups is 1. The Morgan fingerprint density at radius 3 is 0.729 bits per heavy atom. The number of hydrogen-bond donors (Lipinski definition) is 3. The number of carbonyl (C=O) groups is 4. The maximum Gasteiger partial charge on any atom is 0.472 e. The zero-order valence-corrected chi connectivity index (χ0v) is 63.4. The highest BCUT2D eigenvalue weighted by Crippen LogP contribution is 2.45. The molecule has 3 N–H and O–H groups in total. The molecule has 0 heterocycles. The van der Waals surface area contributed by atoms with Crippen LogP contribution in [0, 0.1) is 0 Å². The molecule has 0 aromatic rings. The molecule has 0 fully saturated rings. The summed E-state index contributed by atoms with van der Waals surface area (Å²) in [6.07, 6.45) is 65.5. The van der Waals surface area contributed by atoms with Crippen LogP contribution in [0.5, 0.6) is 0 Å². The second kappa shape index (κ2) is 70.7. The van der Waals surface area contributed by atoms with E-state index in [1.54, 1.807) is 0 Å². The molecular weight excluding hydrogens is 1260 g/mol. The van der Waals surface area contributed by atoms with Gasteiger partial charge in [0.05, 0.1) is 26.4 Å². The normalized spacial score (nSPS) is 14.1. The maximum absolute atomic E-state index is 13.1. The smallest absolute Gasteiger partial charge is 0.462 e. The number of hydrogen-bond acceptors (Lipinski definition) is 15. The predicted molar refractivity (Wildman–Crippen MR) is 391 cm³/mol. The molecule has 0 aliphatic rings. The molecule has 5 atom stereocenters. The van der Waals surface area contributed by atoms with Crippen molar-refractivity contribution >= 4 is 39.5 Å². The van der Waals surface area contributed by atoms with Gasteiger partial charge in [0, 0.05) is 25.7 Å². The molecule has 0 amide bonds. The van der Waals surface area contributed by atoms with Gasteiger partial charge in [0.1, 0.15) is 19.3 Å². The third-order valence-corrected chi connectivity index (χ3v) is 19.0. The van der Waals surface area contributed by atoms with Crippen LogP contribution in [0.25, 0.3) is 0 Å². The van der Waals surface area contributed by atoms with Crippen LogP contribution in [0.15, 0.2) is 36.5 Å². The fourth-order valence-electron chi connectivity index (χ4n) is 11.0. The number of unbranched alkanes of at least 4 members (excludes halogenated alkanes) is 43. The summed E-state index contributed by atoms with van der Waals surface area (Å²) in [5.41, 5.74) is 0. The SMILES string of the molecule is CCCCCC/C=C\CCCCCCCCCC(=O)O[C@H](COC(=O)CCCCCCC/C=C\CCCCCC)COP(=O)(O)OC[C@@H](O)COP(=O)(O)OC[C@@H](COC(=O)CCCCCCCCCCCCCCC)OC(=O)CCCCCCC/C=C\CCCCCCCC. The van der Waals surface area contributed by atoms with Gasteiger partial charge in [-0.2, -0.15) is 0 Å². The van der Waals surface area contributed by atoms with E-state index in [4.69, 9.17) is 37.0 Å². The third-order valence-electron chi connectivity index (χ3n) is 17.1. The first-order valence-electron chi connectivity index (χ1n) is 39.2. The summed E-state index contributed by atoms with van der Waals surface area (Å²) in [7, 11) is -9.93. The maximum atomic E-state index is 13.1. The number of phosphoric ester groups is 2. The third kappa shape index (κ3) is 69.7. The number of carbonyl (C=O) groups excluding carboxylic acids is 4. The highest BCUT2D eigenvalue weighted by atomic mass is 31.2. The van der Waals surface area contributed by atoms with Gasteiger partial charge in [-0.25, -0.2) is 9.13 Å². The fourth-order valence-corrected chi connectivity index (χ4v) is 12.6. The van der Waals surface area contributed by atoms with Crippen molar-refractivity contribution in [3.05, 3.63) is 36.5 Å². The second-order valence-corrected chi connectivity index (χ2v) is 29.6. The Kier molecular flexibility index (Phi) is 68.7. The zero-order chi connectivity index (χ0) is 70.4. The molecule has 2 unspecified atom stereocenters. The molecule has 0 spiro atoms. The van der Waals surface area contributed by atoms with Gasteiger partial charge in [-0.1, -0.05) is 282 Å². The van der Waals surface area contributed by atoms with Crippen molar-refractivity contribution < 1.29 is 80.2 Å². The molecule has 0 rings (SSSR count). The number of esters is 4. The topological polar surface area (TPSA) is 237 Å². The van der Waals surface area contributed by atoms with Crippen molar-refractivity contribution in [3.8, 4) is 0 Å². The zero-order valence-electron chi connectivity index (χ0n) is 61.6. The highest BCUT2D eigenvalue weighted by molar-refractivity contribution is 7.47. The molecule has 96 heavy (non-hydrogen) atoms. The number of aliphatic hydroxyl groups excluding tert-OH is 1. The molecule has 0 aromatic heterocycles. The molecule has 0 saturated carbocycles. The van der Waals surface area contributed by atoms with Gasteiger partial charge >= 0.3 is 39.5 Å². The fraction of sp³-hybridized carbons (Fsp3) is 0.870. The van der Waals surface area contributed by atoms with Crippen molar-refractivity contribution in [2.75, 3.05) is 39.6 Å². The molecule has 0 saturated heterocycles. The van der Waals surface area contributed by atoms with Crippen LogP contribution in [-0.4, -0.2) is 96.7 Å². The van der Waals surface area contributed by atoms with Gasteiger partial charge in [0.15, 0.2) is 12.2 Å². The summed E-state index contributed by atoms with van der Waals surface area (Å²) in [4.78, 5) is 72.8. The minimum absolute atomic E-state index is 0.0926. The Morgan fingerprint density at radius 2 is 0.479 bits per heavy atom. The Hall–Kier alpha value is -2.72. The minimum Gasteiger partial charge on any atom is -0.462 e. The Labute approximate surface area is 585 Å². The minimum atomic E-state index is -4.97. The first-order valence-corrected chi connectivity index (χ1v) is 42.2. The van der Waals surface area contributed by atoms with Crippen LogP contribution in [0.3, 0.4) is 0 Å². The van der Waals surface area contributed by atoms with Crippen LogP contribution in [0.4, 0.5) is 0 Å². The van der Waals surface area contributed by atoms with E-state index >= 15 is 0 Å². The molecule has 0 aromatic carbocycles. The summed E-state index contributed by atoms with van der Waals surface area (Å²) < 4.78 is 68.5. The lowest BCUT2D eigenvalue weighted by Crippen LogP contribution is -2.30. The van der Waals surface area contributed by atoms with E-state index in [2.05, 4.69) is 64.2 Å². The summed E-state index contributed by atoms with van der Waals surface area (Å²) in [5, 5.41) is 10.6. The first kappa shape index (κ1) is 93.3. The second-order valence-electron chi connectivity index (χ2n) is 26.7. The van der Waals surface area contributed by atoms with Crippen molar-refractivity contribution in [1.29, 1.82) is 0 Å². The van der Waals surface area contributed by atoms with Crippen LogP contribution >= 0.6 is 15.6 Å². The first-order chi connectivity index (χ1) is 46.7. The Bertz CT molecular complexity index is 1970. The lowest BCUT2D eigenvalue weighted by Gasteiger charge is -2.21. The molecule has 0 radical (unpaired) electrons. The Morgan fingerprint density at radius 1 is 0.281 bits per heavy atom. The summed E-state index contributed by atoms with van der Waals surface area (Å²) >= 11 is 0. The van der Waals surface area contributed by atoms with Gasteiger partial charge < -0.3 is 33.8 Å². The van der Waals surface area contributed by atoms with E-state index in [9.17, 15) is 43.2 Å². The largest absolute Gasteiger partial charge is 0.472 e. The standard InChI is InChI=1S/C77H144O17P2/c1-5-9-13-17-21-25-29-33-35-39-43-47-51-55-59-63-76(81)93-72(67-87-74(79)61-57-53-49-45-41-37-31-27-23-19-15-11-7-3)69-91-95(83,84)89-65-71(78)66-90-96(85,86)92-70-73(68-88-75(80)62-58-54-50-46-42-38-32-28-24-20-16-12-8-4)94-77(82)64-60-56-52-48-44-40-36-34-30-26-22-18-14-10-6-2/h25,27,29,31,34,36,71-73,78H,5-24,26,28,30,32-33,35,37-70H2,1-4H3,(H,83,84)(H,85,86)/b29-25-,31-27-,36-34-/t71-,72-,73-/m1/s1. The predicted octanol–water partition coefficient (Wildman–Crippen LogP) is 22.3. The van der Waals surface area contributed by atoms with Gasteiger partial charge in [0.25, 0.3) is 0 Å². The van der Waals surface area contributed by atoms with Crippen molar-refractivity contribution in [3.63, 3.8) is 0 Å².